The van der Waals surface area contributed by atoms with Gasteiger partial charge in [0.2, 0.25) is 0 Å². The Balaban J connectivity index is 0. The summed E-state index contributed by atoms with van der Waals surface area (Å²) in [6.45, 7) is 24.6. The predicted octanol–water partition coefficient (Wildman–Crippen LogP) is 9.11. The first-order valence-electron chi connectivity index (χ1n) is 13.8. The van der Waals surface area contributed by atoms with E-state index in [2.05, 4.69) is 90.3 Å². The third kappa shape index (κ3) is 12.3. The van der Waals surface area contributed by atoms with Gasteiger partial charge in [0.1, 0.15) is 13.3 Å². The molecule has 0 spiro atoms. The summed E-state index contributed by atoms with van der Waals surface area (Å²) in [4.78, 5) is 7.98. The largest absolute Gasteiger partial charge is 0.412 e. The number of halogens is 1. The summed E-state index contributed by atoms with van der Waals surface area (Å²) < 4.78 is 15.0. The van der Waals surface area contributed by atoms with Gasteiger partial charge in [-0.3, -0.25) is 0 Å². The van der Waals surface area contributed by atoms with Crippen LogP contribution >= 0.6 is 0 Å². The Hall–Kier alpha value is -3.31. The molecule has 2 rings (SSSR count). The zero-order chi connectivity index (χ0) is 28.7. The summed E-state index contributed by atoms with van der Waals surface area (Å²) >= 11 is 0. The third-order valence-corrected chi connectivity index (χ3v) is 6.32. The van der Waals surface area contributed by atoms with E-state index in [4.69, 9.17) is 4.84 Å². The zero-order valence-corrected chi connectivity index (χ0v) is 25.7. The molecule has 1 aromatic heterocycles. The van der Waals surface area contributed by atoms with Crippen molar-refractivity contribution in [2.24, 2.45) is 0 Å². The molecule has 0 unspecified atom stereocenters. The van der Waals surface area contributed by atoms with Crippen molar-refractivity contribution >= 4 is 5.57 Å². The van der Waals surface area contributed by atoms with E-state index in [1.54, 1.807) is 10.8 Å². The molecular weight excluding hydrogens is 499 g/mol. The van der Waals surface area contributed by atoms with Crippen LogP contribution in [-0.4, -0.2) is 41.5 Å². The Morgan fingerprint density at radius 1 is 1.02 bits per heavy atom. The lowest BCUT2D eigenvalue weighted by atomic mass is 9.93. The second kappa shape index (κ2) is 20.6. The fourth-order valence-electron chi connectivity index (χ4n) is 3.87. The maximum Gasteiger partial charge on any atom is 0.133 e. The second-order valence-corrected chi connectivity index (χ2v) is 9.40. The lowest BCUT2D eigenvalue weighted by Gasteiger charge is -2.23. The minimum Gasteiger partial charge on any atom is -0.412 e. The van der Waals surface area contributed by atoms with Crippen molar-refractivity contribution in [3.63, 3.8) is 0 Å². The number of nitrogens with zero attached hydrogens (tertiary/aromatic N) is 2. The van der Waals surface area contributed by atoms with Gasteiger partial charge >= 0.3 is 0 Å². The SMILES string of the molecule is C.C=C(/C=C\C(=C/CF)N(CC)CC=C(C)C)c1cc(C)c(-c2ccn(OC/C=C(\C)CC)c2)cc1C.CC.O. The maximum atomic E-state index is 13.2. The van der Waals surface area contributed by atoms with Gasteiger partial charge < -0.3 is 15.2 Å². The van der Waals surface area contributed by atoms with Crippen LogP contribution in [0, 0.1) is 13.8 Å². The molecule has 1 aromatic carbocycles. The summed E-state index contributed by atoms with van der Waals surface area (Å²) in [7, 11) is 0. The Labute approximate surface area is 244 Å². The first-order chi connectivity index (χ1) is 18.2. The molecule has 4 nitrogen and oxygen atoms in total. The van der Waals surface area contributed by atoms with E-state index in [9.17, 15) is 4.39 Å². The fourth-order valence-corrected chi connectivity index (χ4v) is 3.87. The van der Waals surface area contributed by atoms with Crippen LogP contribution in [-0.2, 0) is 0 Å². The van der Waals surface area contributed by atoms with Crippen molar-refractivity contribution < 1.29 is 14.7 Å². The second-order valence-electron chi connectivity index (χ2n) is 9.40. The standard InChI is InChI=1S/C32H43FN2O.C2H6.CH4.H2O/c1-9-25(5)16-20-36-35-19-15-29(23-35)32-22-27(7)31(21-28(32)8)26(6)11-12-30(13-17-33)34(10-2)18-14-24(3)4;1-2;;/h11-16,19,21-23H,6,9-10,17-18,20H2,1-5,7-8H3;1-2H3;1H4;1H2/b12-11-,25-16+,30-13+;;;. The molecule has 0 atom stereocenters. The number of aryl methyl sites for hydroxylation is 2. The number of hydrogen-bond donors (Lipinski definition) is 0. The van der Waals surface area contributed by atoms with Crippen LogP contribution in [0.15, 0.2) is 84.4 Å². The summed E-state index contributed by atoms with van der Waals surface area (Å²) in [5, 5.41) is 0. The summed E-state index contributed by atoms with van der Waals surface area (Å²) in [6, 6.07) is 6.46. The van der Waals surface area contributed by atoms with E-state index in [1.165, 1.54) is 22.3 Å². The molecule has 0 amide bonds. The van der Waals surface area contributed by atoms with E-state index in [1.807, 2.05) is 38.4 Å². The van der Waals surface area contributed by atoms with Crippen LogP contribution in [0.3, 0.4) is 0 Å². The highest BCUT2D eigenvalue weighted by atomic mass is 19.1. The van der Waals surface area contributed by atoms with Gasteiger partial charge in [0.25, 0.3) is 0 Å². The first-order valence-corrected chi connectivity index (χ1v) is 13.8. The highest BCUT2D eigenvalue weighted by Crippen LogP contribution is 2.30. The Morgan fingerprint density at radius 2 is 1.70 bits per heavy atom. The van der Waals surface area contributed by atoms with Crippen molar-refractivity contribution in [2.75, 3.05) is 26.4 Å². The molecule has 5 heteroatoms. The Morgan fingerprint density at radius 3 is 2.27 bits per heavy atom. The van der Waals surface area contributed by atoms with E-state index in [0.717, 1.165) is 47.5 Å². The number of aromatic nitrogens is 1. The van der Waals surface area contributed by atoms with Crippen LogP contribution in [0.2, 0.25) is 0 Å². The molecular formula is C35H55FN2O2. The summed E-state index contributed by atoms with van der Waals surface area (Å²) in [5.74, 6) is 0. The Bertz CT molecular complexity index is 1150. The topological polar surface area (TPSA) is 48.9 Å². The van der Waals surface area contributed by atoms with Crippen LogP contribution < -0.4 is 4.84 Å². The smallest absolute Gasteiger partial charge is 0.133 e. The van der Waals surface area contributed by atoms with Crippen LogP contribution in [0.1, 0.15) is 79.0 Å². The minimum absolute atomic E-state index is 0. The average Bonchev–Trinajstić information content (AvgIpc) is 3.37. The third-order valence-electron chi connectivity index (χ3n) is 6.32. The van der Waals surface area contributed by atoms with Gasteiger partial charge in [-0.05, 0) is 100 Å². The fraction of sp³-hybridized carbons (Fsp3) is 0.429. The van der Waals surface area contributed by atoms with Crippen molar-refractivity contribution in [1.82, 2.24) is 9.63 Å². The molecule has 1 heterocycles. The van der Waals surface area contributed by atoms with Crippen molar-refractivity contribution in [1.29, 1.82) is 0 Å². The van der Waals surface area contributed by atoms with Crippen LogP contribution in [0.4, 0.5) is 4.39 Å². The van der Waals surface area contributed by atoms with Crippen LogP contribution in [0.25, 0.3) is 16.7 Å². The van der Waals surface area contributed by atoms with E-state index < -0.39 is 6.67 Å². The average molecular weight is 555 g/mol. The molecule has 0 saturated carbocycles. The number of hydrogen-bond acceptors (Lipinski definition) is 2. The van der Waals surface area contributed by atoms with Gasteiger partial charge in [0.05, 0.1) is 6.20 Å². The quantitative estimate of drug-likeness (QED) is 0.183. The molecule has 224 valence electrons. The number of allylic oxidation sites excluding steroid dienone is 6. The van der Waals surface area contributed by atoms with Crippen molar-refractivity contribution in [2.45, 2.75) is 76.2 Å². The van der Waals surface area contributed by atoms with Crippen LogP contribution in [0.5, 0.6) is 0 Å². The number of rotatable bonds is 13. The molecule has 2 aromatic rings. The van der Waals surface area contributed by atoms with E-state index >= 15 is 0 Å². The molecule has 0 fully saturated rings. The number of likely N-dealkylation sites (N-methyl/N-ethyl adjacent to an activating group) is 1. The molecule has 0 saturated heterocycles. The van der Waals surface area contributed by atoms with Crippen molar-refractivity contribution in [3.05, 3.63) is 101 Å². The van der Waals surface area contributed by atoms with Gasteiger partial charge in [-0.1, -0.05) is 70.2 Å². The molecule has 0 radical (unpaired) electrons. The van der Waals surface area contributed by atoms with Gasteiger partial charge in [0.15, 0.2) is 0 Å². The summed E-state index contributed by atoms with van der Waals surface area (Å²) in [6.07, 6.45) is 14.9. The van der Waals surface area contributed by atoms with E-state index in [0.29, 0.717) is 6.61 Å². The van der Waals surface area contributed by atoms with Gasteiger partial charge in [-0.15, -0.1) is 0 Å². The highest BCUT2D eigenvalue weighted by Gasteiger charge is 2.10. The van der Waals surface area contributed by atoms with Gasteiger partial charge in [0, 0.05) is 30.5 Å². The van der Waals surface area contributed by atoms with E-state index in [-0.39, 0.29) is 12.9 Å². The van der Waals surface area contributed by atoms with Crippen molar-refractivity contribution in [3.8, 4) is 11.1 Å². The molecule has 40 heavy (non-hydrogen) atoms. The zero-order valence-electron chi connectivity index (χ0n) is 25.7. The predicted molar refractivity (Wildman–Crippen MR) is 175 cm³/mol. The minimum atomic E-state index is -0.498. The maximum absolute atomic E-state index is 13.2. The first kappa shape index (κ1) is 38.8. The highest BCUT2D eigenvalue weighted by molar-refractivity contribution is 5.79. The lowest BCUT2D eigenvalue weighted by Crippen LogP contribution is -2.22. The molecule has 0 aliphatic carbocycles. The molecule has 0 aliphatic rings. The number of benzene rings is 1. The monoisotopic (exact) mass is 554 g/mol. The van der Waals surface area contributed by atoms with Gasteiger partial charge in [-0.2, -0.15) is 4.73 Å². The molecule has 0 aliphatic heterocycles. The van der Waals surface area contributed by atoms with Gasteiger partial charge in [-0.25, -0.2) is 4.39 Å². The normalized spacial score (nSPS) is 11.2. The number of alkyl halides is 1. The lowest BCUT2D eigenvalue weighted by molar-refractivity contribution is 0.135. The molecule has 0 bridgehead atoms. The summed E-state index contributed by atoms with van der Waals surface area (Å²) in [5.41, 5.74) is 10.0. The molecule has 2 N–H and O–H groups in total. The Kier molecular flexibility index (Phi) is 20.0.